The molecule has 9 nitrogen and oxygen atoms in total. The van der Waals surface area contributed by atoms with Crippen molar-refractivity contribution in [3.05, 3.63) is 88.6 Å². The maximum absolute atomic E-state index is 13.8. The van der Waals surface area contributed by atoms with Gasteiger partial charge in [-0.3, -0.25) is 9.59 Å². The van der Waals surface area contributed by atoms with Gasteiger partial charge >= 0.3 is 12.0 Å². The van der Waals surface area contributed by atoms with Crippen molar-refractivity contribution in [3.8, 4) is 5.69 Å². The number of ether oxygens (including phenoxy) is 1. The van der Waals surface area contributed by atoms with E-state index in [1.807, 2.05) is 24.5 Å². The Balaban J connectivity index is 1.58. The van der Waals surface area contributed by atoms with Crippen LogP contribution in [-0.2, 0) is 14.3 Å². The average Bonchev–Trinajstić information content (AvgIpc) is 3.28. The molecule has 10 heteroatoms. The average molecular weight is 490 g/mol. The molecular weight excluding hydrogens is 467 g/mol. The largest absolute Gasteiger partial charge is 0.465 e. The third-order valence-electron chi connectivity index (χ3n) is 5.73. The van der Waals surface area contributed by atoms with Crippen molar-refractivity contribution >= 4 is 35.6 Å². The molecule has 0 aliphatic carbocycles. The first-order chi connectivity index (χ1) is 17.2. The van der Waals surface area contributed by atoms with Gasteiger partial charge in [-0.15, -0.1) is 0 Å². The number of methoxy groups -OCH3 is 1. The summed E-state index contributed by atoms with van der Waals surface area (Å²) < 4.78 is 20.5. The van der Waals surface area contributed by atoms with Crippen LogP contribution in [0.5, 0.6) is 0 Å². The van der Waals surface area contributed by atoms with Crippen molar-refractivity contribution in [1.82, 2.24) is 14.8 Å². The number of urea groups is 1. The monoisotopic (exact) mass is 490 g/mol. The number of aryl methyl sites for hydroxylation is 1. The highest BCUT2D eigenvalue weighted by atomic mass is 19.1. The number of hydrogen-bond acceptors (Lipinski definition) is 5. The van der Waals surface area contributed by atoms with Gasteiger partial charge in [-0.2, -0.15) is 0 Å². The summed E-state index contributed by atoms with van der Waals surface area (Å²) in [5, 5.41) is 4.83. The summed E-state index contributed by atoms with van der Waals surface area (Å²) in [7, 11) is 1.31. The van der Waals surface area contributed by atoms with Gasteiger partial charge < -0.3 is 19.9 Å². The molecule has 0 radical (unpaired) electrons. The number of halogens is 1. The van der Waals surface area contributed by atoms with E-state index in [4.69, 9.17) is 4.74 Å². The number of rotatable bonds is 6. The Morgan fingerprint density at radius 1 is 1.08 bits per heavy atom. The molecule has 184 valence electrons. The molecule has 2 N–H and O–H groups in total. The Labute approximate surface area is 206 Å². The van der Waals surface area contributed by atoms with Crippen molar-refractivity contribution in [2.24, 2.45) is 0 Å². The molecule has 1 aliphatic heterocycles. The van der Waals surface area contributed by atoms with E-state index < -0.39 is 36.2 Å². The van der Waals surface area contributed by atoms with Crippen LogP contribution in [0.3, 0.4) is 0 Å². The highest BCUT2D eigenvalue weighted by Gasteiger charge is 2.35. The summed E-state index contributed by atoms with van der Waals surface area (Å²) >= 11 is 0. The summed E-state index contributed by atoms with van der Waals surface area (Å²) in [5.74, 6) is -2.53. The zero-order chi connectivity index (χ0) is 26.0. The number of anilines is 1. The number of nitrogens with one attached hydrogen (secondary N) is 2. The number of amides is 4. The van der Waals surface area contributed by atoms with Gasteiger partial charge in [0.2, 0.25) is 5.91 Å². The van der Waals surface area contributed by atoms with Gasteiger partial charge in [0.1, 0.15) is 18.1 Å². The van der Waals surface area contributed by atoms with Gasteiger partial charge in [0, 0.05) is 11.4 Å². The van der Waals surface area contributed by atoms with Crippen LogP contribution in [0.2, 0.25) is 0 Å². The second kappa shape index (κ2) is 9.87. The lowest BCUT2D eigenvalue weighted by Crippen LogP contribution is -2.38. The number of carbonyl (C=O) groups excluding carboxylic acids is 4. The Morgan fingerprint density at radius 3 is 2.50 bits per heavy atom. The molecule has 1 aromatic heterocycles. The number of imide groups is 1. The lowest BCUT2D eigenvalue weighted by atomic mass is 10.1. The van der Waals surface area contributed by atoms with Crippen molar-refractivity contribution < 1.29 is 28.3 Å². The minimum Gasteiger partial charge on any atom is -0.465 e. The molecule has 0 saturated carbocycles. The molecule has 2 aromatic carbocycles. The van der Waals surface area contributed by atoms with Crippen LogP contribution in [0, 0.1) is 19.7 Å². The zero-order valence-electron chi connectivity index (χ0n) is 19.8. The van der Waals surface area contributed by atoms with E-state index in [2.05, 4.69) is 10.6 Å². The third kappa shape index (κ3) is 4.61. The third-order valence-corrected chi connectivity index (χ3v) is 5.73. The smallest absolute Gasteiger partial charge is 0.339 e. The van der Waals surface area contributed by atoms with Gasteiger partial charge in [-0.1, -0.05) is 24.3 Å². The number of aromatic nitrogens is 1. The van der Waals surface area contributed by atoms with Crippen LogP contribution < -0.4 is 10.6 Å². The Bertz CT molecular complexity index is 1430. The number of benzene rings is 2. The van der Waals surface area contributed by atoms with E-state index in [-0.39, 0.29) is 11.4 Å². The highest BCUT2D eigenvalue weighted by Crippen LogP contribution is 2.26. The van der Waals surface area contributed by atoms with Crippen LogP contribution >= 0.6 is 0 Å². The first-order valence-corrected chi connectivity index (χ1v) is 11.0. The molecule has 1 fully saturated rings. The van der Waals surface area contributed by atoms with E-state index in [0.29, 0.717) is 22.5 Å². The topological polar surface area (TPSA) is 110 Å². The molecule has 0 atom stereocenters. The molecule has 2 heterocycles. The normalized spacial score (nSPS) is 14.2. The maximum Gasteiger partial charge on any atom is 0.339 e. The fourth-order valence-corrected chi connectivity index (χ4v) is 4.02. The maximum atomic E-state index is 13.8. The second-order valence-electron chi connectivity index (χ2n) is 8.08. The first kappa shape index (κ1) is 24.4. The predicted molar refractivity (Wildman–Crippen MR) is 130 cm³/mol. The highest BCUT2D eigenvalue weighted by molar-refractivity contribution is 6.16. The number of carbonyl (C=O) groups is 4. The molecule has 1 saturated heterocycles. The van der Waals surface area contributed by atoms with Gasteiger partial charge in [0.25, 0.3) is 5.91 Å². The van der Waals surface area contributed by atoms with E-state index >= 15 is 0 Å². The standard InChI is InChI=1S/C26H23FN4O5/c1-15-12-17(16(2)31(15)22-11-7-4-8-18(22)25(34)36-3)13-21-24(33)30(26(35)29-21)14-23(32)28-20-10-6-5-9-19(20)27/h4-13H,14H2,1-3H3,(H,28,32)(H,29,35)/b21-13+. The van der Waals surface area contributed by atoms with Crippen molar-refractivity contribution in [1.29, 1.82) is 0 Å². The van der Waals surface area contributed by atoms with E-state index in [1.165, 1.54) is 31.4 Å². The number of nitrogens with zero attached hydrogens (tertiary/aromatic N) is 2. The molecule has 4 amide bonds. The van der Waals surface area contributed by atoms with Crippen LogP contribution in [0.1, 0.15) is 27.3 Å². The molecule has 1 aliphatic rings. The van der Waals surface area contributed by atoms with Gasteiger partial charge in [-0.25, -0.2) is 18.9 Å². The second-order valence-corrected chi connectivity index (χ2v) is 8.08. The van der Waals surface area contributed by atoms with Crippen LogP contribution in [0.4, 0.5) is 14.9 Å². The summed E-state index contributed by atoms with van der Waals surface area (Å²) in [4.78, 5) is 50.6. The predicted octanol–water partition coefficient (Wildman–Crippen LogP) is 3.55. The minimum absolute atomic E-state index is 0.0137. The van der Waals surface area contributed by atoms with Crippen molar-refractivity contribution in [3.63, 3.8) is 0 Å². The molecule has 36 heavy (non-hydrogen) atoms. The van der Waals surface area contributed by atoms with Crippen molar-refractivity contribution in [2.45, 2.75) is 13.8 Å². The van der Waals surface area contributed by atoms with Gasteiger partial charge in [-0.05, 0) is 55.8 Å². The fraction of sp³-hybridized carbons (Fsp3) is 0.154. The molecular formula is C26H23FN4O5. The first-order valence-electron chi connectivity index (χ1n) is 11.0. The van der Waals surface area contributed by atoms with E-state index in [9.17, 15) is 23.6 Å². The summed E-state index contributed by atoms with van der Waals surface area (Å²) in [6, 6.07) is 13.6. The van der Waals surface area contributed by atoms with E-state index in [0.717, 1.165) is 10.6 Å². The number of hydrogen-bond donors (Lipinski definition) is 2. The number of esters is 1. The molecule has 3 aromatic rings. The Kier molecular flexibility index (Phi) is 6.69. The summed E-state index contributed by atoms with van der Waals surface area (Å²) in [5.41, 5.74) is 3.05. The van der Waals surface area contributed by atoms with Gasteiger partial charge in [0.15, 0.2) is 0 Å². The molecule has 0 bridgehead atoms. The number of para-hydroxylation sites is 2. The van der Waals surface area contributed by atoms with Gasteiger partial charge in [0.05, 0.1) is 24.0 Å². The summed E-state index contributed by atoms with van der Waals surface area (Å²) in [6.45, 7) is 3.08. The summed E-state index contributed by atoms with van der Waals surface area (Å²) in [6.07, 6.45) is 1.51. The van der Waals surface area contributed by atoms with E-state index in [1.54, 1.807) is 30.3 Å². The zero-order valence-corrected chi connectivity index (χ0v) is 19.8. The lowest BCUT2D eigenvalue weighted by Gasteiger charge is -2.13. The molecule has 0 unspecified atom stereocenters. The van der Waals surface area contributed by atoms with Crippen LogP contribution in [0.25, 0.3) is 11.8 Å². The SMILES string of the molecule is COC(=O)c1ccccc1-n1c(C)cc(/C=C2/NC(=O)N(CC(=O)Nc3ccccc3F)C2=O)c1C. The molecule has 4 rings (SSSR count). The Hall–Kier alpha value is -4.73. The van der Waals surface area contributed by atoms with Crippen molar-refractivity contribution in [2.75, 3.05) is 19.0 Å². The lowest BCUT2D eigenvalue weighted by molar-refractivity contribution is -0.127. The fourth-order valence-electron chi connectivity index (χ4n) is 4.02. The quantitative estimate of drug-likeness (QED) is 0.312. The van der Waals surface area contributed by atoms with Crippen LogP contribution in [0.15, 0.2) is 60.3 Å². The van der Waals surface area contributed by atoms with Crippen LogP contribution in [-0.4, -0.2) is 46.9 Å². The minimum atomic E-state index is -0.764. The molecule has 0 spiro atoms. The Morgan fingerprint density at radius 2 is 1.78 bits per heavy atom.